The smallest absolute Gasteiger partial charge is 0.321 e. The Hall–Kier alpha value is -2.06. The Balaban J connectivity index is 1.44. The predicted octanol–water partition coefficient (Wildman–Crippen LogP) is 4.69. The first kappa shape index (κ1) is 19.3. The van der Waals surface area contributed by atoms with Gasteiger partial charge in [0.2, 0.25) is 5.91 Å². The lowest BCUT2D eigenvalue weighted by Crippen LogP contribution is -2.53. The Bertz CT molecular complexity index is 883. The van der Waals surface area contributed by atoms with Crippen molar-refractivity contribution in [2.24, 2.45) is 0 Å². The molecule has 2 aliphatic rings. The first-order chi connectivity index (χ1) is 13.5. The molecule has 5 nitrogen and oxygen atoms in total. The summed E-state index contributed by atoms with van der Waals surface area (Å²) in [5.74, 6) is 0.114. The molecule has 0 aliphatic carbocycles. The number of likely N-dealkylation sites (tertiary alicyclic amines) is 1. The largest absolute Gasteiger partial charge is 0.324 e. The number of benzene rings is 2. The van der Waals surface area contributed by atoms with Crippen molar-refractivity contribution in [3.8, 4) is 0 Å². The summed E-state index contributed by atoms with van der Waals surface area (Å²) in [6.45, 7) is 1.11. The minimum absolute atomic E-state index is 0.0318. The number of hydrogen-bond acceptors (Lipinski definition) is 3. The van der Waals surface area contributed by atoms with E-state index >= 15 is 0 Å². The van der Waals surface area contributed by atoms with E-state index < -0.39 is 0 Å². The van der Waals surface area contributed by atoms with Gasteiger partial charge in [-0.05, 0) is 61.4 Å². The van der Waals surface area contributed by atoms with Crippen molar-refractivity contribution in [1.82, 2.24) is 4.90 Å². The van der Waals surface area contributed by atoms with Gasteiger partial charge in [-0.1, -0.05) is 15.9 Å². The second-order valence-electron chi connectivity index (χ2n) is 6.86. The summed E-state index contributed by atoms with van der Waals surface area (Å²) in [5.41, 5.74) is 1.45. The van der Waals surface area contributed by atoms with Gasteiger partial charge in [0.1, 0.15) is 5.82 Å². The lowest BCUT2D eigenvalue weighted by molar-refractivity contribution is -0.116. The van der Waals surface area contributed by atoms with Crippen LogP contribution >= 0.6 is 27.7 Å². The molecule has 0 bridgehead atoms. The number of nitrogens with zero attached hydrogens (tertiary/aromatic N) is 2. The maximum atomic E-state index is 13.3. The first-order valence-electron chi connectivity index (χ1n) is 9.01. The van der Waals surface area contributed by atoms with Gasteiger partial charge in [-0.25, -0.2) is 9.18 Å². The van der Waals surface area contributed by atoms with E-state index in [4.69, 9.17) is 0 Å². The number of hydrogen-bond donors (Lipinski definition) is 1. The molecule has 2 aromatic carbocycles. The Labute approximate surface area is 175 Å². The molecule has 2 saturated heterocycles. The van der Waals surface area contributed by atoms with Crippen molar-refractivity contribution in [2.75, 3.05) is 29.1 Å². The fourth-order valence-electron chi connectivity index (χ4n) is 3.68. The van der Waals surface area contributed by atoms with E-state index in [1.807, 2.05) is 24.3 Å². The maximum Gasteiger partial charge on any atom is 0.321 e. The average Bonchev–Trinajstić information content (AvgIpc) is 3.01. The van der Waals surface area contributed by atoms with E-state index in [1.54, 1.807) is 33.7 Å². The van der Waals surface area contributed by atoms with Crippen molar-refractivity contribution < 1.29 is 14.0 Å². The third-order valence-electron chi connectivity index (χ3n) is 5.13. The lowest BCUT2D eigenvalue weighted by Gasteiger charge is -2.43. The number of thioether (sulfide) groups is 1. The highest BCUT2D eigenvalue weighted by atomic mass is 79.9. The number of piperidine rings is 1. The molecule has 2 heterocycles. The zero-order chi connectivity index (χ0) is 19.7. The van der Waals surface area contributed by atoms with Gasteiger partial charge in [0.25, 0.3) is 0 Å². The van der Waals surface area contributed by atoms with Crippen LogP contribution in [0.1, 0.15) is 12.8 Å². The van der Waals surface area contributed by atoms with E-state index in [-0.39, 0.29) is 22.6 Å². The molecule has 0 aromatic heterocycles. The average molecular weight is 464 g/mol. The SMILES string of the molecule is O=C(Nc1ccc(Br)cc1)N1CCC2(CC1)SCC(=O)N2c1ccc(F)cc1. The number of rotatable bonds is 2. The summed E-state index contributed by atoms with van der Waals surface area (Å²) in [4.78, 5) is 28.3. The van der Waals surface area contributed by atoms with Crippen molar-refractivity contribution in [3.05, 3.63) is 58.8 Å². The number of halogens is 2. The summed E-state index contributed by atoms with van der Waals surface area (Å²) in [5, 5.41) is 2.91. The molecule has 28 heavy (non-hydrogen) atoms. The number of amides is 3. The highest BCUT2D eigenvalue weighted by molar-refractivity contribution is 9.10. The van der Waals surface area contributed by atoms with Crippen LogP contribution in [0.5, 0.6) is 0 Å². The van der Waals surface area contributed by atoms with Crippen molar-refractivity contribution in [1.29, 1.82) is 0 Å². The van der Waals surface area contributed by atoms with Crippen LogP contribution in [-0.4, -0.2) is 40.6 Å². The van der Waals surface area contributed by atoms with Crippen LogP contribution in [0.15, 0.2) is 53.0 Å². The third kappa shape index (κ3) is 3.75. The van der Waals surface area contributed by atoms with E-state index in [0.29, 0.717) is 37.4 Å². The Morgan fingerprint density at radius 3 is 2.36 bits per heavy atom. The Morgan fingerprint density at radius 1 is 1.07 bits per heavy atom. The van der Waals surface area contributed by atoms with Crippen LogP contribution in [0.3, 0.4) is 0 Å². The van der Waals surface area contributed by atoms with Crippen molar-refractivity contribution >= 4 is 51.0 Å². The second-order valence-corrected chi connectivity index (χ2v) is 9.12. The van der Waals surface area contributed by atoms with E-state index in [2.05, 4.69) is 21.2 Å². The summed E-state index contributed by atoms with van der Waals surface area (Å²) < 4.78 is 14.2. The molecule has 0 radical (unpaired) electrons. The van der Waals surface area contributed by atoms with Gasteiger partial charge in [-0.15, -0.1) is 11.8 Å². The third-order valence-corrected chi connectivity index (χ3v) is 7.18. The molecule has 2 aliphatic heterocycles. The fraction of sp³-hybridized carbons (Fsp3) is 0.300. The van der Waals surface area contributed by atoms with Crippen LogP contribution in [0.2, 0.25) is 0 Å². The number of nitrogens with one attached hydrogen (secondary N) is 1. The normalized spacial score (nSPS) is 18.6. The second kappa shape index (κ2) is 7.75. The van der Waals surface area contributed by atoms with Crippen molar-refractivity contribution in [3.63, 3.8) is 0 Å². The summed E-state index contributed by atoms with van der Waals surface area (Å²) >= 11 is 5.00. The lowest BCUT2D eigenvalue weighted by atomic mass is 10.0. The van der Waals surface area contributed by atoms with Gasteiger partial charge < -0.3 is 10.2 Å². The molecule has 3 amide bonds. The molecule has 0 saturated carbocycles. The molecule has 2 fully saturated rings. The van der Waals surface area contributed by atoms with Gasteiger partial charge >= 0.3 is 6.03 Å². The topological polar surface area (TPSA) is 52.7 Å². The molecule has 146 valence electrons. The number of carbonyl (C=O) groups excluding carboxylic acids is 2. The number of urea groups is 1. The molecule has 2 aromatic rings. The summed E-state index contributed by atoms with van der Waals surface area (Å²) in [7, 11) is 0. The van der Waals surface area contributed by atoms with Gasteiger partial charge in [-0.3, -0.25) is 9.69 Å². The van der Waals surface area contributed by atoms with Crippen LogP contribution in [-0.2, 0) is 4.79 Å². The van der Waals surface area contributed by atoms with E-state index in [1.165, 1.54) is 12.1 Å². The molecular formula is C20H19BrFN3O2S. The van der Waals surface area contributed by atoms with Crippen molar-refractivity contribution in [2.45, 2.75) is 17.7 Å². The molecular weight excluding hydrogens is 445 g/mol. The monoisotopic (exact) mass is 463 g/mol. The van der Waals surface area contributed by atoms with E-state index in [9.17, 15) is 14.0 Å². The predicted molar refractivity (Wildman–Crippen MR) is 113 cm³/mol. The Morgan fingerprint density at radius 2 is 1.71 bits per heavy atom. The summed E-state index contributed by atoms with van der Waals surface area (Å²) in [6, 6.07) is 13.3. The fourth-order valence-corrected chi connectivity index (χ4v) is 5.28. The minimum atomic E-state index is -0.372. The zero-order valence-electron chi connectivity index (χ0n) is 15.0. The van der Waals surface area contributed by atoms with Crippen LogP contribution in [0.4, 0.5) is 20.6 Å². The first-order valence-corrected chi connectivity index (χ1v) is 10.8. The van der Waals surface area contributed by atoms with Gasteiger partial charge in [-0.2, -0.15) is 0 Å². The van der Waals surface area contributed by atoms with Gasteiger partial charge in [0.15, 0.2) is 0 Å². The maximum absolute atomic E-state index is 13.3. The highest BCUT2D eigenvalue weighted by Gasteiger charge is 2.49. The van der Waals surface area contributed by atoms with Crippen LogP contribution < -0.4 is 10.2 Å². The standard InChI is InChI=1S/C20H19BrFN3O2S/c21-14-1-5-16(6-2-14)23-19(27)24-11-9-20(10-12-24)25(18(26)13-28-20)17-7-3-15(22)4-8-17/h1-8H,9-13H2,(H,23,27). The van der Waals surface area contributed by atoms with Gasteiger partial charge in [0.05, 0.1) is 10.6 Å². The quantitative estimate of drug-likeness (QED) is 0.702. The van der Waals surface area contributed by atoms with Crippen LogP contribution in [0, 0.1) is 5.82 Å². The van der Waals surface area contributed by atoms with E-state index in [0.717, 1.165) is 10.2 Å². The molecule has 4 rings (SSSR count). The molecule has 1 N–H and O–H groups in total. The number of anilines is 2. The van der Waals surface area contributed by atoms with Gasteiger partial charge in [0, 0.05) is 28.9 Å². The minimum Gasteiger partial charge on any atom is -0.324 e. The highest BCUT2D eigenvalue weighted by Crippen LogP contribution is 2.46. The zero-order valence-corrected chi connectivity index (χ0v) is 17.4. The molecule has 0 unspecified atom stereocenters. The van der Waals surface area contributed by atoms with Crippen LogP contribution in [0.25, 0.3) is 0 Å². The molecule has 8 heteroatoms. The number of carbonyl (C=O) groups is 2. The molecule has 1 spiro atoms. The molecule has 0 atom stereocenters. The Kier molecular flexibility index (Phi) is 5.33. The summed E-state index contributed by atoms with van der Waals surface area (Å²) in [6.07, 6.45) is 1.35.